The monoisotopic (exact) mass is 321 g/mol. The molecule has 1 N–H and O–H groups in total. The molecule has 1 fully saturated rings. The van der Waals surface area contributed by atoms with E-state index in [2.05, 4.69) is 10.4 Å². The Morgan fingerprint density at radius 2 is 2.04 bits per heavy atom. The Balaban J connectivity index is 1.79. The minimum absolute atomic E-state index is 0.0129. The van der Waals surface area contributed by atoms with E-state index in [0.717, 1.165) is 30.7 Å². The van der Waals surface area contributed by atoms with Gasteiger partial charge in [0.1, 0.15) is 18.2 Å². The summed E-state index contributed by atoms with van der Waals surface area (Å²) in [7, 11) is 1.86. The van der Waals surface area contributed by atoms with Gasteiger partial charge >= 0.3 is 0 Å². The summed E-state index contributed by atoms with van der Waals surface area (Å²) in [5, 5.41) is 7.66. The molecule has 23 heavy (non-hydrogen) atoms. The van der Waals surface area contributed by atoms with Crippen molar-refractivity contribution in [2.75, 3.05) is 7.05 Å². The first kappa shape index (κ1) is 15.9. The Morgan fingerprint density at radius 3 is 2.78 bits per heavy atom. The summed E-state index contributed by atoms with van der Waals surface area (Å²) >= 11 is 0. The second kappa shape index (κ2) is 7.08. The van der Waals surface area contributed by atoms with Crippen LogP contribution in [0.2, 0.25) is 0 Å². The van der Waals surface area contributed by atoms with Crippen LogP contribution in [0.5, 0.6) is 5.88 Å². The van der Waals surface area contributed by atoms with Gasteiger partial charge in [-0.2, -0.15) is 5.10 Å². The Morgan fingerprint density at radius 1 is 1.26 bits per heavy atom. The van der Waals surface area contributed by atoms with Crippen LogP contribution in [-0.2, 0) is 13.2 Å². The fraction of sp³-hybridized carbons (Fsp3) is 0.471. The Hall–Kier alpha value is -1.95. The number of nitrogens with zero attached hydrogens (tertiary/aromatic N) is 2. The maximum atomic E-state index is 13.7. The van der Waals surface area contributed by atoms with Crippen molar-refractivity contribution in [2.24, 2.45) is 0 Å². The summed E-state index contributed by atoms with van der Waals surface area (Å²) in [4.78, 5) is 0. The van der Waals surface area contributed by atoms with Crippen LogP contribution >= 0.6 is 0 Å². The lowest BCUT2D eigenvalue weighted by Crippen LogP contribution is -2.11. The molecule has 0 spiro atoms. The molecule has 1 aliphatic rings. The molecule has 3 rings (SSSR count). The largest absolute Gasteiger partial charge is 0.473 e. The van der Waals surface area contributed by atoms with E-state index in [1.807, 2.05) is 17.8 Å². The van der Waals surface area contributed by atoms with Crippen LogP contribution in [0.1, 0.15) is 43.0 Å². The van der Waals surface area contributed by atoms with Crippen molar-refractivity contribution >= 4 is 0 Å². The number of nitrogens with one attached hydrogen (secondary N) is 1. The number of ether oxygens (including phenoxy) is 1. The maximum absolute atomic E-state index is 13.7. The van der Waals surface area contributed by atoms with Crippen molar-refractivity contribution in [1.82, 2.24) is 15.1 Å². The average molecular weight is 321 g/mol. The normalized spacial score (nSPS) is 15.3. The van der Waals surface area contributed by atoms with Crippen LogP contribution < -0.4 is 10.1 Å². The van der Waals surface area contributed by atoms with Crippen molar-refractivity contribution in [2.45, 2.75) is 44.9 Å². The SMILES string of the molecule is CNCc1cc(OCc2cc(F)ccc2F)n(C2CCCC2)n1. The topological polar surface area (TPSA) is 39.1 Å². The molecule has 0 unspecified atom stereocenters. The zero-order valence-corrected chi connectivity index (χ0v) is 13.2. The maximum Gasteiger partial charge on any atom is 0.212 e. The second-order valence-electron chi connectivity index (χ2n) is 5.91. The third-order valence-electron chi connectivity index (χ3n) is 4.16. The molecular formula is C17H21F2N3O. The molecule has 0 bridgehead atoms. The van der Waals surface area contributed by atoms with E-state index in [1.54, 1.807) is 0 Å². The van der Waals surface area contributed by atoms with Crippen LogP contribution in [-0.4, -0.2) is 16.8 Å². The number of halogens is 2. The highest BCUT2D eigenvalue weighted by atomic mass is 19.1. The van der Waals surface area contributed by atoms with Crippen LogP contribution in [0, 0.1) is 11.6 Å². The predicted molar refractivity (Wildman–Crippen MR) is 83.2 cm³/mol. The van der Waals surface area contributed by atoms with Gasteiger partial charge in [0.2, 0.25) is 5.88 Å². The number of rotatable bonds is 6. The van der Waals surface area contributed by atoms with Crippen LogP contribution in [0.3, 0.4) is 0 Å². The summed E-state index contributed by atoms with van der Waals surface area (Å²) in [5.41, 5.74) is 1.09. The summed E-state index contributed by atoms with van der Waals surface area (Å²) in [5.74, 6) is -0.315. The van der Waals surface area contributed by atoms with E-state index >= 15 is 0 Å². The van der Waals surface area contributed by atoms with Crippen LogP contribution in [0.25, 0.3) is 0 Å². The van der Waals surface area contributed by atoms with Crippen molar-refractivity contribution in [3.8, 4) is 5.88 Å². The van der Waals surface area contributed by atoms with Gasteiger partial charge in [-0.3, -0.25) is 0 Å². The summed E-state index contributed by atoms with van der Waals surface area (Å²) in [6.07, 6.45) is 4.52. The van der Waals surface area contributed by atoms with E-state index in [4.69, 9.17) is 4.74 Å². The van der Waals surface area contributed by atoms with E-state index in [0.29, 0.717) is 18.5 Å². The van der Waals surface area contributed by atoms with Gasteiger partial charge < -0.3 is 10.1 Å². The van der Waals surface area contributed by atoms with Crippen molar-refractivity contribution in [3.05, 3.63) is 47.2 Å². The summed E-state index contributed by atoms with van der Waals surface area (Å²) in [6.45, 7) is 0.630. The summed E-state index contributed by atoms with van der Waals surface area (Å²) in [6, 6.07) is 5.58. The molecule has 6 heteroatoms. The number of hydrogen-bond donors (Lipinski definition) is 1. The molecule has 0 radical (unpaired) electrons. The van der Waals surface area contributed by atoms with Gasteiger partial charge in [-0.05, 0) is 38.1 Å². The van der Waals surface area contributed by atoms with Crippen LogP contribution in [0.4, 0.5) is 8.78 Å². The van der Waals surface area contributed by atoms with E-state index in [1.165, 1.54) is 18.9 Å². The lowest BCUT2D eigenvalue weighted by atomic mass is 10.2. The van der Waals surface area contributed by atoms with Gasteiger partial charge in [0.05, 0.1) is 11.7 Å². The molecule has 0 amide bonds. The highest BCUT2D eigenvalue weighted by Gasteiger charge is 2.22. The molecule has 0 atom stereocenters. The molecule has 1 saturated carbocycles. The van der Waals surface area contributed by atoms with Gasteiger partial charge in [-0.15, -0.1) is 0 Å². The first-order chi connectivity index (χ1) is 11.2. The fourth-order valence-electron chi connectivity index (χ4n) is 3.02. The van der Waals surface area contributed by atoms with Crippen molar-refractivity contribution in [3.63, 3.8) is 0 Å². The molecule has 1 aliphatic carbocycles. The second-order valence-corrected chi connectivity index (χ2v) is 5.91. The van der Waals surface area contributed by atoms with Crippen molar-refractivity contribution in [1.29, 1.82) is 0 Å². The van der Waals surface area contributed by atoms with Crippen LogP contribution in [0.15, 0.2) is 24.3 Å². The smallest absolute Gasteiger partial charge is 0.212 e. The first-order valence-corrected chi connectivity index (χ1v) is 7.97. The minimum Gasteiger partial charge on any atom is -0.473 e. The molecule has 124 valence electrons. The van der Waals surface area contributed by atoms with Gasteiger partial charge in [0.25, 0.3) is 0 Å². The molecule has 1 aromatic carbocycles. The number of benzene rings is 1. The van der Waals surface area contributed by atoms with Crippen molar-refractivity contribution < 1.29 is 13.5 Å². The van der Waals surface area contributed by atoms with Gasteiger partial charge in [0.15, 0.2) is 0 Å². The fourth-order valence-corrected chi connectivity index (χ4v) is 3.02. The van der Waals surface area contributed by atoms with E-state index in [-0.39, 0.29) is 12.2 Å². The lowest BCUT2D eigenvalue weighted by Gasteiger charge is -2.14. The molecule has 4 nitrogen and oxygen atoms in total. The first-order valence-electron chi connectivity index (χ1n) is 7.97. The Labute approximate surface area is 134 Å². The predicted octanol–water partition coefficient (Wildman–Crippen LogP) is 3.57. The third-order valence-corrected chi connectivity index (χ3v) is 4.16. The number of aromatic nitrogens is 2. The minimum atomic E-state index is -0.467. The zero-order chi connectivity index (χ0) is 16.2. The third kappa shape index (κ3) is 3.69. The standard InChI is InChI=1S/C17H21F2N3O/c1-20-10-14-9-17(22(21-14)15-4-2-3-5-15)23-11-12-8-13(18)6-7-16(12)19/h6-9,15,20H,2-5,10-11H2,1H3. The lowest BCUT2D eigenvalue weighted by molar-refractivity contribution is 0.254. The Kier molecular flexibility index (Phi) is 4.91. The quantitative estimate of drug-likeness (QED) is 0.884. The van der Waals surface area contributed by atoms with Gasteiger partial charge in [-0.1, -0.05) is 12.8 Å². The molecule has 1 heterocycles. The Bertz CT molecular complexity index is 666. The molecular weight excluding hydrogens is 300 g/mol. The average Bonchev–Trinajstić information content (AvgIpc) is 3.18. The van der Waals surface area contributed by atoms with Gasteiger partial charge in [0, 0.05) is 18.2 Å². The zero-order valence-electron chi connectivity index (χ0n) is 13.2. The molecule has 1 aromatic heterocycles. The number of hydrogen-bond acceptors (Lipinski definition) is 3. The van der Waals surface area contributed by atoms with E-state index in [9.17, 15) is 8.78 Å². The van der Waals surface area contributed by atoms with Gasteiger partial charge in [-0.25, -0.2) is 13.5 Å². The highest BCUT2D eigenvalue weighted by molar-refractivity contribution is 5.21. The highest BCUT2D eigenvalue weighted by Crippen LogP contribution is 2.33. The summed E-state index contributed by atoms with van der Waals surface area (Å²) < 4.78 is 34.6. The molecule has 2 aromatic rings. The van der Waals surface area contributed by atoms with E-state index < -0.39 is 11.6 Å². The molecule has 0 aliphatic heterocycles. The molecule has 0 saturated heterocycles.